The summed E-state index contributed by atoms with van der Waals surface area (Å²) >= 11 is 0. The van der Waals surface area contributed by atoms with Crippen LogP contribution < -0.4 is 16.6 Å². The van der Waals surface area contributed by atoms with Gasteiger partial charge < -0.3 is 30.2 Å². The number of fused-ring (bicyclic) bond motifs is 6. The maximum Gasteiger partial charge on any atom is 0.352 e. The van der Waals surface area contributed by atoms with E-state index in [2.05, 4.69) is 15.5 Å². The van der Waals surface area contributed by atoms with E-state index in [1.165, 1.54) is 6.07 Å². The van der Waals surface area contributed by atoms with Gasteiger partial charge in [0.1, 0.15) is 22.1 Å². The minimum absolute atomic E-state index is 0.0324. The number of pyridine rings is 2. The van der Waals surface area contributed by atoms with E-state index in [9.17, 15) is 50.2 Å². The van der Waals surface area contributed by atoms with Gasteiger partial charge in [-0.2, -0.15) is 21.9 Å². The number of nitrogens with zero attached hydrogens (tertiary/aromatic N) is 4. The van der Waals surface area contributed by atoms with Crippen molar-refractivity contribution in [3.63, 3.8) is 0 Å². The Morgan fingerprint density at radius 2 is 1.51 bits per heavy atom. The number of esters is 2. The fourth-order valence-electron chi connectivity index (χ4n) is 8.88. The molecular formula is C50H44N6O13S2. The number of azo groups is 1. The number of cyclic esters (lactones) is 1. The quantitative estimate of drug-likeness (QED) is 0.0224. The average molecular weight is 1000 g/mol. The lowest BCUT2D eigenvalue weighted by atomic mass is 10.00. The summed E-state index contributed by atoms with van der Waals surface area (Å²) in [5.41, 5.74) is 12.3. The number of para-hydroxylation sites is 1. The first kappa shape index (κ1) is 48.2. The largest absolute Gasteiger partial charge is 0.505 e. The number of aromatic hydroxyl groups is 1. The molecule has 0 saturated heterocycles. The zero-order chi connectivity index (χ0) is 50.5. The van der Waals surface area contributed by atoms with E-state index in [0.29, 0.717) is 72.2 Å². The Labute approximate surface area is 405 Å². The molecule has 0 bridgehead atoms. The van der Waals surface area contributed by atoms with Crippen molar-refractivity contribution in [1.82, 2.24) is 9.55 Å². The first-order chi connectivity index (χ1) is 33.8. The van der Waals surface area contributed by atoms with Gasteiger partial charge in [-0.25, -0.2) is 9.78 Å². The van der Waals surface area contributed by atoms with Crippen molar-refractivity contribution in [3.8, 4) is 28.3 Å². The number of aryl methyl sites for hydroxylation is 2. The van der Waals surface area contributed by atoms with Gasteiger partial charge in [-0.1, -0.05) is 49.2 Å². The van der Waals surface area contributed by atoms with Crippen molar-refractivity contribution in [2.24, 2.45) is 10.2 Å². The highest BCUT2D eigenvalue weighted by Crippen LogP contribution is 2.44. The van der Waals surface area contributed by atoms with Crippen LogP contribution in [0.2, 0.25) is 0 Å². The Kier molecular flexibility index (Phi) is 12.8. The lowest BCUT2D eigenvalue weighted by molar-refractivity contribution is -0.171. The topological polar surface area (TPSA) is 296 Å². The number of nitrogens with one attached hydrogen (secondary N) is 1. The Hall–Kier alpha value is -7.85. The zero-order valence-electron chi connectivity index (χ0n) is 38.0. The third kappa shape index (κ3) is 9.59. The lowest BCUT2D eigenvalue weighted by Crippen LogP contribution is -2.34. The maximum absolute atomic E-state index is 13.6. The van der Waals surface area contributed by atoms with Gasteiger partial charge in [-0.05, 0) is 104 Å². The van der Waals surface area contributed by atoms with Crippen molar-refractivity contribution in [2.75, 3.05) is 11.1 Å². The van der Waals surface area contributed by atoms with Crippen molar-refractivity contribution in [2.45, 2.75) is 81.4 Å². The van der Waals surface area contributed by atoms with Crippen molar-refractivity contribution in [1.29, 1.82) is 0 Å². The van der Waals surface area contributed by atoms with Gasteiger partial charge in [0.2, 0.25) is 12.0 Å². The van der Waals surface area contributed by atoms with Gasteiger partial charge in [0.15, 0.2) is 5.75 Å². The van der Waals surface area contributed by atoms with Crippen LogP contribution in [0.1, 0.15) is 72.4 Å². The summed E-state index contributed by atoms with van der Waals surface area (Å²) in [5.74, 6) is -2.26. The zero-order valence-corrected chi connectivity index (χ0v) is 39.6. The molecular weight excluding hydrogens is 957 g/mol. The predicted molar refractivity (Wildman–Crippen MR) is 261 cm³/mol. The van der Waals surface area contributed by atoms with Gasteiger partial charge in [-0.15, -0.1) is 5.11 Å². The molecule has 0 unspecified atom stereocenters. The summed E-state index contributed by atoms with van der Waals surface area (Å²) < 4.78 is 79.9. The van der Waals surface area contributed by atoms with Crippen LogP contribution in [0.4, 0.5) is 22.7 Å². The first-order valence-electron chi connectivity index (χ1n) is 22.2. The molecule has 71 heavy (non-hydrogen) atoms. The Morgan fingerprint density at radius 3 is 2.23 bits per heavy atom. The molecule has 2 aliphatic rings. The number of phenols is 1. The van der Waals surface area contributed by atoms with Crippen molar-refractivity contribution >= 4 is 82.5 Å². The molecule has 1 amide bonds. The molecule has 0 radical (unpaired) electrons. The number of rotatable bonds is 14. The second kappa shape index (κ2) is 18.8. The van der Waals surface area contributed by atoms with Gasteiger partial charge in [-0.3, -0.25) is 23.5 Å². The fourth-order valence-corrected chi connectivity index (χ4v) is 10.3. The standard InChI is InChI=1S/C50H44N6O13S2/c1-26-19-28(29-14-17-36(27(2)20-29)54-55-38-18-15-32-40(70(62,63)64)23-41(71(65,66)67)45(51)44(32)47(38)59)13-16-35(26)52-42(57)11-5-3-4-6-12-43(58)69-48-33-22-39-46-31(21-30-9-7-8-10-37(30)53-46)24-56(39)49(60)34(33)25-68-50(48)61/h7-10,13-23,48,59H,3-6,11-12,24-25,51H2,1-2H3,(H,52,57)(H,62,63,64)(H,65,66,67)/t48-/m0/s1. The molecule has 364 valence electrons. The van der Waals surface area contributed by atoms with E-state index in [0.717, 1.165) is 39.2 Å². The Bertz CT molecular complexity index is 3740. The second-order valence-corrected chi connectivity index (χ2v) is 20.1. The average Bonchev–Trinajstić information content (AvgIpc) is 3.67. The minimum Gasteiger partial charge on any atom is -0.505 e. The van der Waals surface area contributed by atoms with Gasteiger partial charge >= 0.3 is 11.9 Å². The van der Waals surface area contributed by atoms with Crippen LogP contribution in [0, 0.1) is 13.8 Å². The number of hydrogen-bond acceptors (Lipinski definition) is 15. The van der Waals surface area contributed by atoms with Crippen molar-refractivity contribution < 1.29 is 54.9 Å². The predicted octanol–water partition coefficient (Wildman–Crippen LogP) is 8.68. The molecule has 2 aromatic heterocycles. The monoisotopic (exact) mass is 1000 g/mol. The number of phenolic OH excluding ortho intramolecular Hbond substituents is 1. The van der Waals surface area contributed by atoms with E-state index in [1.54, 1.807) is 35.8 Å². The number of anilines is 2. The number of carbonyl (C=O) groups is 3. The van der Waals surface area contributed by atoms with Gasteiger partial charge in [0.25, 0.3) is 25.8 Å². The third-order valence-electron chi connectivity index (χ3n) is 12.5. The molecule has 19 nitrogen and oxygen atoms in total. The molecule has 5 aromatic carbocycles. The molecule has 0 fully saturated rings. The second-order valence-electron chi connectivity index (χ2n) is 17.3. The molecule has 0 aliphatic carbocycles. The van der Waals surface area contributed by atoms with Crippen LogP contribution in [0.25, 0.3) is 44.2 Å². The van der Waals surface area contributed by atoms with Crippen LogP contribution in [-0.4, -0.2) is 58.4 Å². The molecule has 0 spiro atoms. The van der Waals surface area contributed by atoms with Crippen LogP contribution >= 0.6 is 0 Å². The fraction of sp³-hybridized carbons (Fsp3) is 0.220. The smallest absolute Gasteiger partial charge is 0.352 e. The molecule has 1 atom stereocenters. The number of nitrogens with two attached hydrogens (primary N) is 1. The van der Waals surface area contributed by atoms with E-state index in [1.807, 2.05) is 55.5 Å². The highest BCUT2D eigenvalue weighted by Gasteiger charge is 2.37. The van der Waals surface area contributed by atoms with Crippen molar-refractivity contribution in [3.05, 3.63) is 129 Å². The molecule has 4 heterocycles. The maximum atomic E-state index is 13.6. The van der Waals surface area contributed by atoms with Crippen LogP contribution in [0.3, 0.4) is 0 Å². The van der Waals surface area contributed by atoms with Crippen LogP contribution in [-0.2, 0) is 57.2 Å². The van der Waals surface area contributed by atoms with Gasteiger partial charge in [0, 0.05) is 40.4 Å². The summed E-state index contributed by atoms with van der Waals surface area (Å²) in [6.07, 6.45) is 1.24. The summed E-state index contributed by atoms with van der Waals surface area (Å²) in [4.78, 5) is 55.3. The number of benzene rings is 5. The lowest BCUT2D eigenvalue weighted by Gasteiger charge is -2.25. The Balaban J connectivity index is 0.765. The number of ether oxygens (including phenoxy) is 2. The molecule has 6 N–H and O–H groups in total. The van der Waals surface area contributed by atoms with E-state index in [4.69, 9.17) is 20.2 Å². The normalized spacial score (nSPS) is 14.3. The number of carbonyl (C=O) groups excluding carboxylic acids is 3. The minimum atomic E-state index is -5.07. The molecule has 2 aliphatic heterocycles. The Morgan fingerprint density at radius 1 is 0.831 bits per heavy atom. The molecule has 9 rings (SSSR count). The number of amides is 1. The SMILES string of the molecule is Cc1cc(-c2ccc(NC(=O)CCCCCCC(=O)O[C@@H]3C(=O)OCc4c3cc3n(c4=O)Cc4cc5ccccc5nc4-3)c(C)c2)ccc1N=Nc1ccc2c(S(=O)(=O)O)cc(S(=O)(=O)O)c(N)c2c1O. The van der Waals surface area contributed by atoms with E-state index >= 15 is 0 Å². The molecule has 21 heteroatoms. The highest BCUT2D eigenvalue weighted by molar-refractivity contribution is 7.87. The van der Waals surface area contributed by atoms with E-state index in [-0.39, 0.29) is 47.6 Å². The molecule has 0 saturated carbocycles. The van der Waals surface area contributed by atoms with Crippen LogP contribution in [0.5, 0.6) is 5.75 Å². The van der Waals surface area contributed by atoms with E-state index < -0.39 is 64.9 Å². The number of nitrogen functional groups attached to an aromatic ring is 1. The highest BCUT2D eigenvalue weighted by atomic mass is 32.2. The summed E-state index contributed by atoms with van der Waals surface area (Å²) in [6, 6.07) is 25.1. The summed E-state index contributed by atoms with van der Waals surface area (Å²) in [5, 5.41) is 22.4. The molecule has 7 aromatic rings. The summed E-state index contributed by atoms with van der Waals surface area (Å²) in [6.45, 7) is 3.76. The number of aromatic nitrogens is 2. The summed E-state index contributed by atoms with van der Waals surface area (Å²) in [7, 11) is -10.1. The van der Waals surface area contributed by atoms with Crippen LogP contribution in [0.15, 0.2) is 116 Å². The first-order valence-corrected chi connectivity index (χ1v) is 25.1. The number of hydrogen-bond donors (Lipinski definition) is 5. The van der Waals surface area contributed by atoms with Gasteiger partial charge in [0.05, 0.1) is 45.8 Å². The number of unbranched alkanes of at least 4 members (excludes halogenated alkanes) is 3. The third-order valence-corrected chi connectivity index (χ3v) is 14.3.